The molecule has 5 aromatic rings. The van der Waals surface area contributed by atoms with Gasteiger partial charge in [0.05, 0.1) is 30.6 Å². The van der Waals surface area contributed by atoms with E-state index in [4.69, 9.17) is 17.2 Å². The summed E-state index contributed by atoms with van der Waals surface area (Å²) in [5.74, 6) is -21.4. The standard InChI is InChI=1S/C94H132FN19O23S2/c1-10-12-24-70-86(128)103-64(39-52(3)4)84(126)107-80(81(98)123)94(5,6)138-51-77(118)100-65(40-53-29-31-57(95)32-30-53)91(133)112-37-19-18-27-71(112)87(129)105-67(45-79(121)122)92(134)113-38-20-28-72(113)88(130)106-68(46-97)85(127)102-63(33-34-78(119)120)90(132)114-49-58(115)44-74(114)75(116)43-54(41-55-47-99-61-23-16-14-21-59(55)61)82(124)101-62(35-36-96)83(125)104-66(89(131)110(8)73(25-13-11-2)93(135)109(70)7)42-56-48-111(50-76(117)108-139(9,136)137)69-26-17-15-22-60(56)69/h14-17,21-23,26,29-32,47-48,52,54,58,62-68,70-74,80,99,115H,10-13,18-20,24-25,27-28,33-46,49-51,96-97H2,1-9H3,(H2,98,123)(H,100,118)(H,101,124)(H,102,127)(H,103,128)(H,104,125)(H,105,129)(H,106,130)(H,107,126)(H,108,117)(H,119,120)(H,121,122)/t54-,58-,62+,63+,64+,65+,66+,67+,68+,70+,71+,72+,73+,74+,80-/m1/s1. The fourth-order valence-corrected chi connectivity index (χ4v) is 19.7. The third-order valence-corrected chi connectivity index (χ3v) is 27.6. The number of nitrogens with one attached hydrogen (secondary N) is 10. The third kappa shape index (κ3) is 30.0. The van der Waals surface area contributed by atoms with Crippen LogP contribution < -0.4 is 64.5 Å². The van der Waals surface area contributed by atoms with Crippen molar-refractivity contribution < 1.29 is 114 Å². The number of aliphatic hydroxyl groups is 1. The van der Waals surface area contributed by atoms with Gasteiger partial charge in [-0.15, -0.1) is 11.8 Å². The monoisotopic (exact) mass is 1980 g/mol. The number of primary amides is 1. The second-order valence-electron chi connectivity index (χ2n) is 37.1. The predicted octanol–water partition coefficient (Wildman–Crippen LogP) is -0.109. The molecule has 19 N–H and O–H groups in total. The number of aliphatic hydroxyl groups excluding tert-OH is 1. The first-order valence-electron chi connectivity index (χ1n) is 47.0. The molecule has 760 valence electrons. The molecule has 15 atom stereocenters. The number of hydrogen-bond donors (Lipinski definition) is 16. The first-order valence-corrected chi connectivity index (χ1v) is 49.9. The first kappa shape index (κ1) is 110. The van der Waals surface area contributed by atoms with E-state index in [-0.39, 0.29) is 83.3 Å². The van der Waals surface area contributed by atoms with Crippen LogP contribution in [0.15, 0.2) is 85.2 Å². The number of sulfonamides is 1. The van der Waals surface area contributed by atoms with Crippen molar-refractivity contribution in [2.75, 3.05) is 58.8 Å². The number of piperidine rings is 1. The zero-order valence-electron chi connectivity index (χ0n) is 79.7. The molecule has 0 saturated carbocycles. The number of unbranched alkanes of at least 4 members (excludes halogenated alkanes) is 2. The van der Waals surface area contributed by atoms with Gasteiger partial charge in [0.1, 0.15) is 84.9 Å². The van der Waals surface area contributed by atoms with Crippen LogP contribution in [0.5, 0.6) is 0 Å². The number of carbonyl (C=O) groups is 18. The Balaban J connectivity index is 1.12. The van der Waals surface area contributed by atoms with Crippen LogP contribution in [0.4, 0.5) is 4.39 Å². The van der Waals surface area contributed by atoms with Crippen molar-refractivity contribution in [2.24, 2.45) is 29.0 Å². The molecule has 9 rings (SSSR count). The minimum atomic E-state index is -4.08. The first-order chi connectivity index (χ1) is 65.8. The number of Topliss-reactive ketones (excluding diaryl/α,β-unsaturated/α-hetero) is 1. The molecule has 0 radical (unpaired) electrons. The number of aromatic nitrogens is 2. The Hall–Kier alpha value is -12.5. The largest absolute Gasteiger partial charge is 0.481 e. The average molecular weight is 1980 g/mol. The summed E-state index contributed by atoms with van der Waals surface area (Å²) in [4.78, 5) is 273. The molecule has 0 aliphatic carbocycles. The summed E-state index contributed by atoms with van der Waals surface area (Å²) in [5.41, 5.74) is 20.6. The maximum Gasteiger partial charge on any atom is 0.305 e. The number of aliphatic carboxylic acids is 2. The summed E-state index contributed by atoms with van der Waals surface area (Å²) >= 11 is 0.824. The highest BCUT2D eigenvalue weighted by Gasteiger charge is 2.48. The number of nitrogens with zero attached hydrogens (tertiary/aromatic N) is 6. The van der Waals surface area contributed by atoms with E-state index in [0.29, 0.717) is 77.0 Å². The summed E-state index contributed by atoms with van der Waals surface area (Å²) in [7, 11) is -1.41. The molecule has 139 heavy (non-hydrogen) atoms. The van der Waals surface area contributed by atoms with Gasteiger partial charge in [0.25, 0.3) is 5.91 Å². The van der Waals surface area contributed by atoms with Crippen molar-refractivity contribution in [3.63, 3.8) is 0 Å². The van der Waals surface area contributed by atoms with Gasteiger partial charge in [-0.1, -0.05) is 102 Å². The van der Waals surface area contributed by atoms with Gasteiger partial charge >= 0.3 is 11.9 Å². The summed E-state index contributed by atoms with van der Waals surface area (Å²) < 4.78 is 41.1. The molecule has 0 bridgehead atoms. The number of rotatable bonds is 26. The lowest BCUT2D eigenvalue weighted by molar-refractivity contribution is -0.149. The van der Waals surface area contributed by atoms with Gasteiger partial charge in [0, 0.05) is 117 Å². The number of thioether (sulfide) groups is 1. The summed E-state index contributed by atoms with van der Waals surface area (Å²) in [5, 5.41) is 54.0. The molecule has 6 heterocycles. The van der Waals surface area contributed by atoms with Gasteiger partial charge in [0.2, 0.25) is 92.7 Å². The lowest BCUT2D eigenvalue weighted by Crippen LogP contribution is -2.62. The maximum absolute atomic E-state index is 16.1. The van der Waals surface area contributed by atoms with E-state index in [0.717, 1.165) is 54.6 Å². The Morgan fingerprint density at radius 1 is 0.583 bits per heavy atom. The maximum atomic E-state index is 16.1. The number of nitrogens with two attached hydrogens (primary N) is 3. The lowest BCUT2D eigenvalue weighted by Gasteiger charge is -2.38. The van der Waals surface area contributed by atoms with Crippen molar-refractivity contribution in [1.29, 1.82) is 0 Å². The number of H-pyrrole nitrogens is 1. The quantitative estimate of drug-likeness (QED) is 0.0343. The van der Waals surface area contributed by atoms with E-state index in [1.54, 1.807) is 68.6 Å². The summed E-state index contributed by atoms with van der Waals surface area (Å²) in [6.45, 7) is 7.68. The van der Waals surface area contributed by atoms with Gasteiger partial charge in [0.15, 0.2) is 5.78 Å². The van der Waals surface area contributed by atoms with Gasteiger partial charge in [-0.3, -0.25) is 91.0 Å². The molecule has 3 aromatic carbocycles. The molecule has 4 saturated heterocycles. The van der Waals surface area contributed by atoms with E-state index in [2.05, 4.69) is 47.5 Å². The second kappa shape index (κ2) is 50.4. The molecule has 2 aromatic heterocycles. The number of amides is 15. The van der Waals surface area contributed by atoms with Crippen molar-refractivity contribution in [3.8, 4) is 0 Å². The zero-order chi connectivity index (χ0) is 102. The van der Waals surface area contributed by atoms with Gasteiger partial charge < -0.3 is 109 Å². The van der Waals surface area contributed by atoms with Crippen molar-refractivity contribution in [3.05, 3.63) is 108 Å². The van der Waals surface area contributed by atoms with Gasteiger partial charge in [-0.25, -0.2) is 12.8 Å². The number of fused-ring (bicyclic) bond motifs is 5. The molecular formula is C94H132FN19O23S2. The van der Waals surface area contributed by atoms with E-state index in [9.17, 15) is 76.1 Å². The highest BCUT2D eigenvalue weighted by atomic mass is 32.2. The summed E-state index contributed by atoms with van der Waals surface area (Å²) in [6, 6.07) is -2.37. The lowest BCUT2D eigenvalue weighted by atomic mass is 9.90. The smallest absolute Gasteiger partial charge is 0.305 e. The second-order valence-corrected chi connectivity index (χ2v) is 40.5. The Morgan fingerprint density at radius 3 is 1.77 bits per heavy atom. The molecular weight excluding hydrogens is 1850 g/mol. The van der Waals surface area contributed by atoms with Crippen molar-refractivity contribution in [2.45, 2.75) is 272 Å². The fraction of sp³-hybridized carbons (Fsp3) is 0.574. The average Bonchev–Trinajstić information content (AvgIpc) is 1.69. The van der Waals surface area contributed by atoms with Crippen LogP contribution in [0.3, 0.4) is 0 Å². The number of carboxylic acids is 2. The number of benzene rings is 3. The number of hydrogen-bond acceptors (Lipinski definition) is 24. The minimum Gasteiger partial charge on any atom is -0.481 e. The number of likely N-dealkylation sites (N-methyl/N-ethyl adjacent to an activating group) is 2. The summed E-state index contributed by atoms with van der Waals surface area (Å²) in [6.07, 6.45) is -0.615. The highest BCUT2D eigenvalue weighted by molar-refractivity contribution is 8.01. The molecule has 0 unspecified atom stereocenters. The van der Waals surface area contributed by atoms with Crippen LogP contribution in [0.1, 0.15) is 174 Å². The Kier molecular flexibility index (Phi) is 39.9. The van der Waals surface area contributed by atoms with E-state index < -0.39 is 281 Å². The van der Waals surface area contributed by atoms with E-state index >= 15 is 38.4 Å². The Morgan fingerprint density at radius 2 is 1.14 bits per heavy atom. The molecule has 15 amide bonds. The molecule has 0 spiro atoms. The Bertz CT molecular complexity index is 5440. The zero-order valence-corrected chi connectivity index (χ0v) is 81.4. The topological polar surface area (TPSA) is 625 Å². The van der Waals surface area contributed by atoms with Crippen molar-refractivity contribution >= 4 is 150 Å². The normalized spacial score (nSPS) is 25.5. The Labute approximate surface area is 809 Å². The van der Waals surface area contributed by atoms with Crippen LogP contribution >= 0.6 is 11.8 Å². The number of carboxylic acid groups (broad SMARTS) is 2. The molecule has 4 aliphatic heterocycles. The van der Waals surface area contributed by atoms with Crippen LogP contribution in [0.25, 0.3) is 21.8 Å². The number of aromatic amines is 1. The molecule has 4 aliphatic rings. The van der Waals surface area contributed by atoms with E-state index in [1.807, 2.05) is 18.6 Å². The van der Waals surface area contributed by atoms with Gasteiger partial charge in [-0.05, 0) is 138 Å². The minimum absolute atomic E-state index is 0.0101. The number of halogens is 1. The van der Waals surface area contributed by atoms with Gasteiger partial charge in [-0.2, -0.15) is 0 Å². The number of carbonyl (C=O) groups excluding carboxylic acids is 16. The highest BCUT2D eigenvalue weighted by Crippen LogP contribution is 2.33. The molecule has 45 heteroatoms. The molecule has 42 nitrogen and oxygen atoms in total. The van der Waals surface area contributed by atoms with E-state index in [1.165, 1.54) is 50.8 Å². The van der Waals surface area contributed by atoms with Crippen LogP contribution in [0.2, 0.25) is 0 Å². The third-order valence-electron chi connectivity index (χ3n) is 25.6. The SMILES string of the molecule is CCCC[C@H]1C(=O)N(C)[C@@H](CCCC)C(=O)N[C@@H](CC(C)C)C(=O)N[C@H](C(N)=O)C(C)(C)SCC(=O)N[C@@H](Cc2ccc(F)cc2)C(=O)N2CCCC[C@H]2C(=O)N[C@@H](CC(=O)O)C(=O)N2CCC[C@H]2C(=O)N[C@@H](CN)C(=O)N[C@@H](CCC(=O)O)C(=O)N2C[C@H](O)C[C@H]2C(=O)C[C@@H](Cc2c[nH]c3ccccc23)C(=O)N[C@@H](CCN)C(=O)N[C@@H](Cc2cn(CC(=O)NS(C)(=O)=O)c3ccccc23)C(=O)N1C. The predicted molar refractivity (Wildman–Crippen MR) is 509 cm³/mol. The number of ketones is 1. The van der Waals surface area contributed by atoms with Crippen molar-refractivity contribution in [1.82, 2.24) is 81.3 Å². The number of para-hydroxylation sites is 2. The molecule has 4 fully saturated rings. The van der Waals surface area contributed by atoms with Crippen LogP contribution in [-0.2, 0) is 122 Å². The fourth-order valence-electron chi connectivity index (χ4n) is 18.3. The van der Waals surface area contributed by atoms with Crippen LogP contribution in [0, 0.1) is 17.7 Å². The van der Waals surface area contributed by atoms with Crippen LogP contribution in [-0.4, -0.2) is 312 Å².